The highest BCUT2D eigenvalue weighted by Gasteiger charge is 2.22. The van der Waals surface area contributed by atoms with Crippen LogP contribution in [-0.4, -0.2) is 34.8 Å². The molecule has 1 aromatic heterocycles. The van der Waals surface area contributed by atoms with Gasteiger partial charge in [-0.3, -0.25) is 14.6 Å². The molecule has 0 saturated carbocycles. The fourth-order valence-corrected chi connectivity index (χ4v) is 3.06. The van der Waals surface area contributed by atoms with Crippen molar-refractivity contribution < 1.29 is 9.59 Å². The molecule has 5 heteroatoms. The summed E-state index contributed by atoms with van der Waals surface area (Å²) in [5.41, 5.74) is 3.00. The van der Waals surface area contributed by atoms with Gasteiger partial charge in [0.05, 0.1) is 0 Å². The van der Waals surface area contributed by atoms with Crippen LogP contribution >= 0.6 is 0 Å². The van der Waals surface area contributed by atoms with E-state index in [0.29, 0.717) is 18.0 Å². The highest BCUT2D eigenvalue weighted by Crippen LogP contribution is 2.18. The van der Waals surface area contributed by atoms with Crippen LogP contribution in [0.5, 0.6) is 0 Å². The van der Waals surface area contributed by atoms with Crippen molar-refractivity contribution in [2.24, 2.45) is 5.92 Å². The Hall–Kier alpha value is -2.69. The largest absolute Gasteiger partial charge is 0.347 e. The number of aryl methyl sites for hydroxylation is 1. The summed E-state index contributed by atoms with van der Waals surface area (Å²) in [6.07, 6.45) is 3.59. The van der Waals surface area contributed by atoms with Gasteiger partial charge < -0.3 is 10.2 Å². The Morgan fingerprint density at radius 1 is 1.15 bits per heavy atom. The van der Waals surface area contributed by atoms with E-state index < -0.39 is 0 Å². The molecule has 1 saturated heterocycles. The van der Waals surface area contributed by atoms with E-state index in [-0.39, 0.29) is 17.5 Å². The lowest BCUT2D eigenvalue weighted by Crippen LogP contribution is -2.38. The topological polar surface area (TPSA) is 62.3 Å². The Bertz CT molecular complexity index is 778. The van der Waals surface area contributed by atoms with Gasteiger partial charge in [0, 0.05) is 31.4 Å². The molecule has 0 atom stereocenters. The van der Waals surface area contributed by atoms with E-state index >= 15 is 0 Å². The molecule has 3 rings (SSSR count). The van der Waals surface area contributed by atoms with Crippen molar-refractivity contribution in [3.05, 3.63) is 65.0 Å². The Labute approximate surface area is 154 Å². The van der Waals surface area contributed by atoms with Crippen LogP contribution in [0, 0.1) is 12.8 Å². The molecule has 26 heavy (non-hydrogen) atoms. The Morgan fingerprint density at radius 3 is 2.54 bits per heavy atom. The van der Waals surface area contributed by atoms with Gasteiger partial charge in [-0.1, -0.05) is 36.8 Å². The normalized spacial score (nSPS) is 14.9. The van der Waals surface area contributed by atoms with Crippen molar-refractivity contribution >= 4 is 11.8 Å². The summed E-state index contributed by atoms with van der Waals surface area (Å²) in [6.45, 7) is 6.22. The number of piperidine rings is 1. The lowest BCUT2D eigenvalue weighted by atomic mass is 9.98. The van der Waals surface area contributed by atoms with Gasteiger partial charge in [-0.15, -0.1) is 0 Å². The van der Waals surface area contributed by atoms with E-state index in [0.717, 1.165) is 31.5 Å². The minimum atomic E-state index is -0.271. The van der Waals surface area contributed by atoms with Gasteiger partial charge in [0.15, 0.2) is 0 Å². The summed E-state index contributed by atoms with van der Waals surface area (Å²) in [4.78, 5) is 31.0. The van der Waals surface area contributed by atoms with Gasteiger partial charge in [-0.2, -0.15) is 0 Å². The number of hydrogen-bond donors (Lipinski definition) is 1. The molecule has 0 unspecified atom stereocenters. The van der Waals surface area contributed by atoms with Crippen LogP contribution in [0.2, 0.25) is 0 Å². The van der Waals surface area contributed by atoms with Crippen molar-refractivity contribution in [2.45, 2.75) is 33.2 Å². The smallest absolute Gasteiger partial charge is 0.270 e. The lowest BCUT2D eigenvalue weighted by molar-refractivity contribution is 0.0697. The molecular formula is C21H25N3O2. The second-order valence-electron chi connectivity index (χ2n) is 7.07. The molecular weight excluding hydrogens is 326 g/mol. The number of nitrogens with one attached hydrogen (secondary N) is 1. The van der Waals surface area contributed by atoms with Crippen molar-refractivity contribution in [1.29, 1.82) is 0 Å². The minimum absolute atomic E-state index is 0.0214. The predicted molar refractivity (Wildman–Crippen MR) is 101 cm³/mol. The van der Waals surface area contributed by atoms with Crippen LogP contribution in [0.25, 0.3) is 0 Å². The molecule has 2 amide bonds. The van der Waals surface area contributed by atoms with Crippen LogP contribution in [0.15, 0.2) is 42.6 Å². The number of amides is 2. The second kappa shape index (κ2) is 8.13. The van der Waals surface area contributed by atoms with Crippen LogP contribution in [-0.2, 0) is 6.54 Å². The molecule has 1 aliphatic rings. The Balaban J connectivity index is 1.63. The van der Waals surface area contributed by atoms with Crippen LogP contribution in [0.4, 0.5) is 0 Å². The maximum Gasteiger partial charge on any atom is 0.270 e. The summed E-state index contributed by atoms with van der Waals surface area (Å²) in [5.74, 6) is 0.374. The summed E-state index contributed by atoms with van der Waals surface area (Å²) in [7, 11) is 0. The second-order valence-corrected chi connectivity index (χ2v) is 7.07. The first-order chi connectivity index (χ1) is 12.5. The third-order valence-corrected chi connectivity index (χ3v) is 4.88. The number of benzene rings is 1. The lowest BCUT2D eigenvalue weighted by Gasteiger charge is -2.30. The van der Waals surface area contributed by atoms with Crippen molar-refractivity contribution in [3.8, 4) is 0 Å². The van der Waals surface area contributed by atoms with E-state index in [9.17, 15) is 9.59 Å². The zero-order valence-corrected chi connectivity index (χ0v) is 15.4. The molecule has 0 aliphatic carbocycles. The van der Waals surface area contributed by atoms with Crippen LogP contribution in [0.3, 0.4) is 0 Å². The van der Waals surface area contributed by atoms with Crippen molar-refractivity contribution in [3.63, 3.8) is 0 Å². The summed E-state index contributed by atoms with van der Waals surface area (Å²) in [6, 6.07) is 11.3. The van der Waals surface area contributed by atoms with Gasteiger partial charge in [0.25, 0.3) is 11.8 Å². The molecule has 0 radical (unpaired) electrons. The molecule has 1 N–H and O–H groups in total. The molecule has 0 spiro atoms. The van der Waals surface area contributed by atoms with E-state index in [4.69, 9.17) is 0 Å². The Kier molecular flexibility index (Phi) is 5.66. The molecule has 5 nitrogen and oxygen atoms in total. The van der Waals surface area contributed by atoms with Gasteiger partial charge in [0.1, 0.15) is 5.69 Å². The van der Waals surface area contributed by atoms with E-state index in [1.54, 1.807) is 12.1 Å². The Morgan fingerprint density at radius 2 is 1.85 bits per heavy atom. The molecule has 2 aromatic rings. The fourth-order valence-electron chi connectivity index (χ4n) is 3.06. The van der Waals surface area contributed by atoms with Crippen molar-refractivity contribution in [2.75, 3.05) is 13.1 Å². The van der Waals surface area contributed by atoms with Crippen LogP contribution in [0.1, 0.15) is 51.7 Å². The molecule has 1 aromatic carbocycles. The third kappa shape index (κ3) is 4.48. The molecule has 1 aliphatic heterocycles. The monoisotopic (exact) mass is 351 g/mol. The van der Waals surface area contributed by atoms with Gasteiger partial charge in [-0.05, 0) is 43.4 Å². The first-order valence-corrected chi connectivity index (χ1v) is 9.12. The first kappa shape index (κ1) is 18.1. The fraction of sp³-hybridized carbons (Fsp3) is 0.381. The number of nitrogens with zero attached hydrogens (tertiary/aromatic N) is 2. The maximum absolute atomic E-state index is 12.7. The number of rotatable bonds is 4. The van der Waals surface area contributed by atoms with E-state index in [2.05, 4.69) is 17.2 Å². The predicted octanol–water partition coefficient (Wildman–Crippen LogP) is 3.19. The average molecular weight is 351 g/mol. The molecule has 0 bridgehead atoms. The molecule has 136 valence electrons. The third-order valence-electron chi connectivity index (χ3n) is 4.88. The maximum atomic E-state index is 12.7. The summed E-state index contributed by atoms with van der Waals surface area (Å²) < 4.78 is 0. The van der Waals surface area contributed by atoms with Crippen molar-refractivity contribution in [1.82, 2.24) is 15.2 Å². The summed E-state index contributed by atoms with van der Waals surface area (Å²) >= 11 is 0. The SMILES string of the molecule is Cc1ccc(CNC(=O)c2cc(C(=O)N3CCC(C)CC3)ccn2)cc1. The summed E-state index contributed by atoms with van der Waals surface area (Å²) in [5, 5.41) is 2.86. The highest BCUT2D eigenvalue weighted by molar-refractivity contribution is 5.98. The van der Waals surface area contributed by atoms with Gasteiger partial charge in [-0.25, -0.2) is 0 Å². The quantitative estimate of drug-likeness (QED) is 0.920. The number of pyridine rings is 1. The van der Waals surface area contributed by atoms with Gasteiger partial charge >= 0.3 is 0 Å². The minimum Gasteiger partial charge on any atom is -0.347 e. The number of hydrogen-bond acceptors (Lipinski definition) is 3. The number of likely N-dealkylation sites (tertiary alicyclic amines) is 1. The van der Waals surface area contributed by atoms with Crippen LogP contribution < -0.4 is 5.32 Å². The molecule has 1 fully saturated rings. The van der Waals surface area contributed by atoms with E-state index in [1.807, 2.05) is 36.1 Å². The zero-order chi connectivity index (χ0) is 18.5. The average Bonchev–Trinajstić information content (AvgIpc) is 2.67. The molecule has 2 heterocycles. The standard InChI is InChI=1S/C21H25N3O2/c1-15-3-5-17(6-4-15)14-23-20(25)19-13-18(7-10-22-19)21(26)24-11-8-16(2)9-12-24/h3-7,10,13,16H,8-9,11-12,14H2,1-2H3,(H,23,25). The highest BCUT2D eigenvalue weighted by atomic mass is 16.2. The first-order valence-electron chi connectivity index (χ1n) is 9.12. The number of carbonyl (C=O) groups excluding carboxylic acids is 2. The van der Waals surface area contributed by atoms with E-state index in [1.165, 1.54) is 11.8 Å². The zero-order valence-electron chi connectivity index (χ0n) is 15.4. The number of aromatic nitrogens is 1. The number of carbonyl (C=O) groups is 2. The van der Waals surface area contributed by atoms with Gasteiger partial charge in [0.2, 0.25) is 0 Å².